The average molecular weight is 394 g/mol. The maximum Gasteiger partial charge on any atom is 0.374 e. The second-order valence-corrected chi connectivity index (χ2v) is 6.54. The van der Waals surface area contributed by atoms with Gasteiger partial charge in [-0.1, -0.05) is 0 Å². The Morgan fingerprint density at radius 1 is 1.15 bits per heavy atom. The molecule has 2 aromatic heterocycles. The number of sulfonamides is 1. The summed E-state index contributed by atoms with van der Waals surface area (Å²) in [5, 5.41) is 22.4. The van der Waals surface area contributed by atoms with E-state index in [0.717, 1.165) is 12.1 Å². The van der Waals surface area contributed by atoms with Crippen molar-refractivity contribution in [2.75, 3.05) is 0 Å². The first-order chi connectivity index (χ1) is 12.7. The van der Waals surface area contributed by atoms with Crippen LogP contribution in [0.3, 0.4) is 0 Å². The van der Waals surface area contributed by atoms with E-state index in [1.165, 1.54) is 24.3 Å². The van der Waals surface area contributed by atoms with E-state index in [1.807, 2.05) is 0 Å². The maximum atomic E-state index is 11.8. The Hall–Kier alpha value is -3.58. The summed E-state index contributed by atoms with van der Waals surface area (Å²) in [6.07, 6.45) is 0. The molecule has 0 amide bonds. The van der Waals surface area contributed by atoms with Gasteiger partial charge in [0.2, 0.25) is 16.7 Å². The van der Waals surface area contributed by atoms with Crippen LogP contribution in [0.2, 0.25) is 0 Å². The predicted molar refractivity (Wildman–Crippen MR) is 85.6 cm³/mol. The Bertz CT molecular complexity index is 1100. The van der Waals surface area contributed by atoms with Gasteiger partial charge in [-0.15, -0.1) is 10.2 Å². The summed E-state index contributed by atoms with van der Waals surface area (Å²) in [7, 11) is -4.08. The number of benzene rings is 1. The first-order valence-corrected chi connectivity index (χ1v) is 8.65. The first-order valence-electron chi connectivity index (χ1n) is 7.11. The van der Waals surface area contributed by atoms with Gasteiger partial charge in [-0.3, -0.25) is 10.1 Å². The van der Waals surface area contributed by atoms with Crippen LogP contribution in [0.15, 0.2) is 50.3 Å². The van der Waals surface area contributed by atoms with Gasteiger partial charge < -0.3 is 13.6 Å². The third kappa shape index (κ3) is 4.16. The number of nitrogens with two attached hydrogens (primary N) is 1. The number of esters is 1. The number of primary sulfonamides is 1. The number of rotatable bonds is 6. The van der Waals surface area contributed by atoms with Crippen molar-refractivity contribution in [2.24, 2.45) is 5.14 Å². The van der Waals surface area contributed by atoms with Crippen molar-refractivity contribution >= 4 is 21.7 Å². The molecule has 3 rings (SSSR count). The van der Waals surface area contributed by atoms with E-state index in [1.54, 1.807) is 0 Å². The van der Waals surface area contributed by atoms with Crippen molar-refractivity contribution in [2.45, 2.75) is 11.7 Å². The zero-order valence-electron chi connectivity index (χ0n) is 13.3. The van der Waals surface area contributed by atoms with Gasteiger partial charge in [0.15, 0.2) is 6.61 Å². The Morgan fingerprint density at radius 2 is 1.85 bits per heavy atom. The molecule has 0 saturated heterocycles. The molecule has 0 radical (unpaired) electrons. The molecule has 0 bridgehead atoms. The molecule has 0 fully saturated rings. The van der Waals surface area contributed by atoms with Gasteiger partial charge in [-0.2, -0.15) is 0 Å². The summed E-state index contributed by atoms with van der Waals surface area (Å²) in [5.41, 5.74) is 0.347. The van der Waals surface area contributed by atoms with Crippen molar-refractivity contribution in [3.63, 3.8) is 0 Å². The Kier molecular flexibility index (Phi) is 4.70. The molecule has 0 unspecified atom stereocenters. The summed E-state index contributed by atoms with van der Waals surface area (Å²) in [6.45, 7) is -0.399. The molecule has 1 aromatic carbocycles. The number of hydrogen-bond acceptors (Lipinski definition) is 10. The van der Waals surface area contributed by atoms with Gasteiger partial charge in [0.25, 0.3) is 21.6 Å². The Morgan fingerprint density at radius 3 is 2.44 bits per heavy atom. The number of nitrogens with zero attached hydrogens (tertiary/aromatic N) is 3. The second-order valence-electron chi connectivity index (χ2n) is 5.04. The van der Waals surface area contributed by atoms with E-state index in [9.17, 15) is 23.3 Å². The van der Waals surface area contributed by atoms with Gasteiger partial charge in [0.1, 0.15) is 0 Å². The predicted octanol–water partition coefficient (Wildman–Crippen LogP) is 1.24. The standard InChI is InChI=1S/C14H10N4O8S/c15-27(22,23)12-6-5-10(25-12)14(19)24-7-11-16-17-13(26-11)8-1-3-9(4-2-8)18(20)21/h1-6H,7H2,(H2,15,22,23). The summed E-state index contributed by atoms with van der Waals surface area (Å²) < 4.78 is 37.2. The quantitative estimate of drug-likeness (QED) is 0.362. The van der Waals surface area contributed by atoms with Crippen LogP contribution in [-0.4, -0.2) is 29.5 Å². The lowest BCUT2D eigenvalue weighted by Crippen LogP contribution is -2.11. The number of aromatic nitrogens is 2. The van der Waals surface area contributed by atoms with Crippen LogP contribution < -0.4 is 5.14 Å². The van der Waals surface area contributed by atoms with Crippen LogP contribution in [0.5, 0.6) is 0 Å². The van der Waals surface area contributed by atoms with Crippen LogP contribution in [0.1, 0.15) is 16.4 Å². The minimum atomic E-state index is -4.08. The number of nitro benzene ring substituents is 1. The van der Waals surface area contributed by atoms with Crippen molar-refractivity contribution in [3.8, 4) is 11.5 Å². The number of nitro groups is 1. The molecule has 27 heavy (non-hydrogen) atoms. The summed E-state index contributed by atoms with van der Waals surface area (Å²) >= 11 is 0. The van der Waals surface area contributed by atoms with Gasteiger partial charge in [0, 0.05) is 17.7 Å². The van der Waals surface area contributed by atoms with Gasteiger partial charge in [0.05, 0.1) is 4.92 Å². The lowest BCUT2D eigenvalue weighted by atomic mass is 10.2. The van der Waals surface area contributed by atoms with Crippen LogP contribution in [0.4, 0.5) is 5.69 Å². The van der Waals surface area contributed by atoms with Crippen LogP contribution in [0.25, 0.3) is 11.5 Å². The topological polar surface area (TPSA) is 182 Å². The van der Waals surface area contributed by atoms with Crippen LogP contribution >= 0.6 is 0 Å². The monoisotopic (exact) mass is 394 g/mol. The molecule has 0 aliphatic rings. The fourth-order valence-electron chi connectivity index (χ4n) is 1.94. The molecule has 0 aliphatic heterocycles. The van der Waals surface area contributed by atoms with Crippen molar-refractivity contribution in [1.82, 2.24) is 10.2 Å². The lowest BCUT2D eigenvalue weighted by Gasteiger charge is -1.99. The molecule has 2 heterocycles. The SMILES string of the molecule is NS(=O)(=O)c1ccc(C(=O)OCc2nnc(-c3ccc([N+](=O)[O-])cc3)o2)o1. The second kappa shape index (κ2) is 6.97. The average Bonchev–Trinajstić information content (AvgIpc) is 3.29. The fourth-order valence-corrected chi connectivity index (χ4v) is 2.40. The number of hydrogen-bond donors (Lipinski definition) is 1. The number of carbonyl (C=O) groups is 1. The van der Waals surface area contributed by atoms with E-state index in [2.05, 4.69) is 10.2 Å². The minimum absolute atomic E-state index is 0.0464. The molecule has 3 aromatic rings. The normalized spacial score (nSPS) is 11.3. The smallest absolute Gasteiger partial charge is 0.374 e. The van der Waals surface area contributed by atoms with E-state index in [-0.39, 0.29) is 23.2 Å². The zero-order chi connectivity index (χ0) is 19.6. The molecular formula is C14H10N4O8S. The van der Waals surface area contributed by atoms with E-state index < -0.39 is 32.6 Å². The Labute approximate surface area is 150 Å². The van der Waals surface area contributed by atoms with Crippen molar-refractivity contribution in [3.05, 3.63) is 58.2 Å². The first kappa shape index (κ1) is 18.2. The van der Waals surface area contributed by atoms with Gasteiger partial charge in [-0.05, 0) is 24.3 Å². The summed E-state index contributed by atoms with van der Waals surface area (Å²) in [4.78, 5) is 21.9. The third-order valence-electron chi connectivity index (χ3n) is 3.18. The van der Waals surface area contributed by atoms with Gasteiger partial charge in [-0.25, -0.2) is 18.4 Å². The number of ether oxygens (including phenoxy) is 1. The highest BCUT2D eigenvalue weighted by molar-refractivity contribution is 7.89. The van der Waals surface area contributed by atoms with E-state index >= 15 is 0 Å². The third-order valence-corrected chi connectivity index (χ3v) is 3.96. The van der Waals surface area contributed by atoms with Crippen LogP contribution in [-0.2, 0) is 21.4 Å². The largest absolute Gasteiger partial charge is 0.450 e. The molecule has 0 saturated carbocycles. The van der Waals surface area contributed by atoms with E-state index in [4.69, 9.17) is 18.7 Å². The molecule has 140 valence electrons. The molecule has 0 atom stereocenters. The van der Waals surface area contributed by atoms with Crippen LogP contribution in [0, 0.1) is 10.1 Å². The highest BCUT2D eigenvalue weighted by Gasteiger charge is 2.19. The fraction of sp³-hybridized carbons (Fsp3) is 0.0714. The molecule has 13 heteroatoms. The van der Waals surface area contributed by atoms with E-state index in [0.29, 0.717) is 5.56 Å². The number of carbonyl (C=O) groups excluding carboxylic acids is 1. The number of non-ortho nitro benzene ring substituents is 1. The summed E-state index contributed by atoms with van der Waals surface area (Å²) in [6, 6.07) is 7.53. The zero-order valence-corrected chi connectivity index (χ0v) is 14.1. The molecular weight excluding hydrogens is 384 g/mol. The molecule has 2 N–H and O–H groups in total. The van der Waals surface area contributed by atoms with Crippen molar-refractivity contribution in [1.29, 1.82) is 0 Å². The molecule has 0 spiro atoms. The summed E-state index contributed by atoms with van der Waals surface area (Å²) in [5.74, 6) is -1.30. The minimum Gasteiger partial charge on any atom is -0.450 e. The Balaban J connectivity index is 1.65. The molecule has 12 nitrogen and oxygen atoms in total. The maximum absolute atomic E-state index is 11.8. The molecule has 0 aliphatic carbocycles. The highest BCUT2D eigenvalue weighted by Crippen LogP contribution is 2.21. The lowest BCUT2D eigenvalue weighted by molar-refractivity contribution is -0.384. The highest BCUT2D eigenvalue weighted by atomic mass is 32.2. The van der Waals surface area contributed by atoms with Gasteiger partial charge >= 0.3 is 5.97 Å². The number of furan rings is 1. The van der Waals surface area contributed by atoms with Crippen molar-refractivity contribution < 1.29 is 31.7 Å².